The number of anilines is 1. The van der Waals surface area contributed by atoms with Crippen molar-refractivity contribution in [2.24, 2.45) is 0 Å². The van der Waals surface area contributed by atoms with E-state index in [1.54, 1.807) is 0 Å². The minimum absolute atomic E-state index is 0.0293. The highest BCUT2D eigenvalue weighted by Gasteiger charge is 2.27. The molecule has 0 N–H and O–H groups in total. The summed E-state index contributed by atoms with van der Waals surface area (Å²) in [4.78, 5) is 14.9. The van der Waals surface area contributed by atoms with E-state index in [1.165, 1.54) is 11.1 Å². The number of hydrogen-bond donors (Lipinski definition) is 0. The third kappa shape index (κ3) is 5.45. The molecule has 1 amide bonds. The second kappa shape index (κ2) is 10.9. The second-order valence-electron chi connectivity index (χ2n) is 6.66. The van der Waals surface area contributed by atoms with Crippen LogP contribution in [0.1, 0.15) is 57.6 Å². The summed E-state index contributed by atoms with van der Waals surface area (Å²) in [5, 5.41) is -0.513. The fourth-order valence-electron chi connectivity index (χ4n) is 3.32. The zero-order valence-corrected chi connectivity index (χ0v) is 17.1. The van der Waals surface area contributed by atoms with E-state index in [4.69, 9.17) is 21.1 Å². The van der Waals surface area contributed by atoms with Gasteiger partial charge in [-0.3, -0.25) is 4.79 Å². The van der Waals surface area contributed by atoms with Crippen LogP contribution in [-0.2, 0) is 27.1 Å². The maximum absolute atomic E-state index is 13.1. The van der Waals surface area contributed by atoms with E-state index < -0.39 is 5.38 Å². The lowest BCUT2D eigenvalue weighted by molar-refractivity contribution is -0.129. The van der Waals surface area contributed by atoms with Crippen LogP contribution in [0.15, 0.2) is 18.2 Å². The standard InChI is InChI=1S/C21H32ClNO3/c1-4-16-10-9-11-17(5-2)20(16)23(21(24)18(22)6-3)13-12-19-25-14-7-8-15-26-19/h9-11,18-19H,4-8,12-15H2,1-3H3. The van der Waals surface area contributed by atoms with E-state index in [0.29, 0.717) is 19.4 Å². The quantitative estimate of drug-likeness (QED) is 0.612. The molecule has 0 saturated carbocycles. The molecule has 0 radical (unpaired) electrons. The highest BCUT2D eigenvalue weighted by molar-refractivity contribution is 6.32. The SMILES string of the molecule is CCc1cccc(CC)c1N(CCC1OCCCCO1)C(=O)C(Cl)CC. The lowest BCUT2D eigenvalue weighted by Gasteiger charge is -2.30. The maximum Gasteiger partial charge on any atom is 0.245 e. The molecule has 1 aliphatic heterocycles. The van der Waals surface area contributed by atoms with E-state index in [0.717, 1.165) is 44.6 Å². The van der Waals surface area contributed by atoms with Gasteiger partial charge < -0.3 is 14.4 Å². The number of hydrogen-bond acceptors (Lipinski definition) is 3. The number of benzene rings is 1. The molecule has 2 rings (SSSR count). The molecule has 1 unspecified atom stereocenters. The van der Waals surface area contributed by atoms with Crippen LogP contribution in [0.3, 0.4) is 0 Å². The number of rotatable bonds is 8. The number of alkyl halides is 1. The number of para-hydroxylation sites is 1. The lowest BCUT2D eigenvalue weighted by atomic mass is 10.0. The molecule has 1 heterocycles. The first-order chi connectivity index (χ1) is 12.6. The van der Waals surface area contributed by atoms with Crippen LogP contribution in [0.4, 0.5) is 5.69 Å². The van der Waals surface area contributed by atoms with Crippen molar-refractivity contribution in [1.82, 2.24) is 0 Å². The van der Waals surface area contributed by atoms with Crippen LogP contribution in [0, 0.1) is 0 Å². The van der Waals surface area contributed by atoms with Gasteiger partial charge in [0, 0.05) is 26.2 Å². The third-order valence-corrected chi connectivity index (χ3v) is 5.36. The van der Waals surface area contributed by atoms with E-state index in [2.05, 4.69) is 32.0 Å². The molecule has 1 atom stereocenters. The summed E-state index contributed by atoms with van der Waals surface area (Å²) in [6, 6.07) is 6.27. The van der Waals surface area contributed by atoms with Gasteiger partial charge in [0.05, 0.1) is 5.69 Å². The Hall–Kier alpha value is -1.10. The first-order valence-corrected chi connectivity index (χ1v) is 10.3. The Morgan fingerprint density at radius 3 is 2.23 bits per heavy atom. The first-order valence-electron chi connectivity index (χ1n) is 9.91. The fourth-order valence-corrected chi connectivity index (χ4v) is 3.44. The topological polar surface area (TPSA) is 38.8 Å². The molecule has 5 heteroatoms. The number of halogens is 1. The zero-order valence-electron chi connectivity index (χ0n) is 16.3. The van der Waals surface area contributed by atoms with Crippen molar-refractivity contribution in [2.75, 3.05) is 24.7 Å². The maximum atomic E-state index is 13.1. The molecule has 1 aromatic rings. The van der Waals surface area contributed by atoms with Gasteiger partial charge in [0.2, 0.25) is 5.91 Å². The average molecular weight is 382 g/mol. The summed E-state index contributed by atoms with van der Waals surface area (Å²) in [7, 11) is 0. The number of nitrogens with zero attached hydrogens (tertiary/aromatic N) is 1. The summed E-state index contributed by atoms with van der Waals surface area (Å²) in [6.45, 7) is 8.18. The molecule has 0 aliphatic carbocycles. The molecular formula is C21H32ClNO3. The summed E-state index contributed by atoms with van der Waals surface area (Å²) in [5.74, 6) is -0.0293. The zero-order chi connectivity index (χ0) is 18.9. The highest BCUT2D eigenvalue weighted by Crippen LogP contribution is 2.29. The molecule has 1 aromatic carbocycles. The van der Waals surface area contributed by atoms with Crippen molar-refractivity contribution >= 4 is 23.2 Å². The van der Waals surface area contributed by atoms with Crippen molar-refractivity contribution in [2.45, 2.75) is 71.0 Å². The summed E-state index contributed by atoms with van der Waals surface area (Å²) in [6.07, 6.45) is 4.82. The fraction of sp³-hybridized carbons (Fsp3) is 0.667. The van der Waals surface area contributed by atoms with Crippen molar-refractivity contribution in [3.63, 3.8) is 0 Å². The Bertz CT molecular complexity index is 548. The van der Waals surface area contributed by atoms with Crippen LogP contribution in [0.25, 0.3) is 0 Å². The molecule has 1 saturated heterocycles. The summed E-state index contributed by atoms with van der Waals surface area (Å²) >= 11 is 6.35. The van der Waals surface area contributed by atoms with Gasteiger partial charge in [-0.05, 0) is 43.2 Å². The third-order valence-electron chi connectivity index (χ3n) is 4.86. The average Bonchev–Trinajstić information content (AvgIpc) is 2.96. The van der Waals surface area contributed by atoms with Crippen LogP contribution in [0.5, 0.6) is 0 Å². The van der Waals surface area contributed by atoms with Crippen molar-refractivity contribution in [3.05, 3.63) is 29.3 Å². The van der Waals surface area contributed by atoms with Gasteiger partial charge >= 0.3 is 0 Å². The summed E-state index contributed by atoms with van der Waals surface area (Å²) < 4.78 is 11.6. The van der Waals surface area contributed by atoms with Crippen molar-refractivity contribution < 1.29 is 14.3 Å². The summed E-state index contributed by atoms with van der Waals surface area (Å²) in [5.41, 5.74) is 3.39. The van der Waals surface area contributed by atoms with Crippen LogP contribution < -0.4 is 4.90 Å². The predicted molar refractivity (Wildman–Crippen MR) is 107 cm³/mol. The molecule has 26 heavy (non-hydrogen) atoms. The van der Waals surface area contributed by atoms with Gasteiger partial charge in [0.1, 0.15) is 5.38 Å². The van der Waals surface area contributed by atoms with Crippen LogP contribution in [-0.4, -0.2) is 37.3 Å². The van der Waals surface area contributed by atoms with E-state index >= 15 is 0 Å². The minimum Gasteiger partial charge on any atom is -0.353 e. The van der Waals surface area contributed by atoms with Crippen molar-refractivity contribution in [1.29, 1.82) is 0 Å². The molecule has 1 fully saturated rings. The molecule has 1 aliphatic rings. The Morgan fingerprint density at radius 1 is 1.15 bits per heavy atom. The minimum atomic E-state index is -0.513. The number of carbonyl (C=O) groups excluding carboxylic acids is 1. The molecular weight excluding hydrogens is 350 g/mol. The van der Waals surface area contributed by atoms with Crippen LogP contribution >= 0.6 is 11.6 Å². The molecule has 0 spiro atoms. The highest BCUT2D eigenvalue weighted by atomic mass is 35.5. The number of amides is 1. The molecule has 0 bridgehead atoms. The normalized spacial score (nSPS) is 16.9. The van der Waals surface area contributed by atoms with Gasteiger partial charge in [0.15, 0.2) is 6.29 Å². The molecule has 4 nitrogen and oxygen atoms in total. The van der Waals surface area contributed by atoms with E-state index in [9.17, 15) is 4.79 Å². The van der Waals surface area contributed by atoms with Crippen molar-refractivity contribution in [3.8, 4) is 0 Å². The second-order valence-corrected chi connectivity index (χ2v) is 7.19. The monoisotopic (exact) mass is 381 g/mol. The van der Waals surface area contributed by atoms with E-state index in [-0.39, 0.29) is 12.2 Å². The number of ether oxygens (including phenoxy) is 2. The molecule has 0 aromatic heterocycles. The number of carbonyl (C=O) groups is 1. The van der Waals surface area contributed by atoms with Gasteiger partial charge in [-0.2, -0.15) is 0 Å². The van der Waals surface area contributed by atoms with E-state index in [1.807, 2.05) is 11.8 Å². The Morgan fingerprint density at radius 2 is 1.73 bits per heavy atom. The Labute approximate surface area is 162 Å². The van der Waals surface area contributed by atoms with Gasteiger partial charge in [-0.25, -0.2) is 0 Å². The Balaban J connectivity index is 2.28. The molecule has 146 valence electrons. The van der Waals surface area contributed by atoms with Gasteiger partial charge in [-0.15, -0.1) is 11.6 Å². The van der Waals surface area contributed by atoms with Gasteiger partial charge in [0.25, 0.3) is 0 Å². The largest absolute Gasteiger partial charge is 0.353 e. The predicted octanol–water partition coefficient (Wildman–Crippen LogP) is 4.71. The number of aryl methyl sites for hydroxylation is 2. The Kier molecular flexibility index (Phi) is 8.89. The van der Waals surface area contributed by atoms with Gasteiger partial charge in [-0.1, -0.05) is 39.0 Å². The first kappa shape index (κ1) is 21.2. The van der Waals surface area contributed by atoms with Crippen LogP contribution in [0.2, 0.25) is 0 Å². The lowest BCUT2D eigenvalue weighted by Crippen LogP contribution is -2.40. The smallest absolute Gasteiger partial charge is 0.245 e.